The zero-order valence-corrected chi connectivity index (χ0v) is 8.23. The SMILES string of the molecule is CCn1nccc1CC1(C(=O)O)CC1. The van der Waals surface area contributed by atoms with E-state index in [4.69, 9.17) is 5.11 Å². The Morgan fingerprint density at radius 2 is 2.43 bits per heavy atom. The zero-order chi connectivity index (χ0) is 10.2. The van der Waals surface area contributed by atoms with E-state index < -0.39 is 11.4 Å². The van der Waals surface area contributed by atoms with E-state index in [0.29, 0.717) is 6.42 Å². The average molecular weight is 194 g/mol. The van der Waals surface area contributed by atoms with Gasteiger partial charge in [0.2, 0.25) is 0 Å². The van der Waals surface area contributed by atoms with Gasteiger partial charge in [0.05, 0.1) is 5.41 Å². The van der Waals surface area contributed by atoms with Gasteiger partial charge in [-0.15, -0.1) is 0 Å². The highest BCUT2D eigenvalue weighted by atomic mass is 16.4. The highest BCUT2D eigenvalue weighted by molar-refractivity contribution is 5.78. The summed E-state index contributed by atoms with van der Waals surface area (Å²) in [4.78, 5) is 11.0. The minimum atomic E-state index is -0.665. The monoisotopic (exact) mass is 194 g/mol. The van der Waals surface area contributed by atoms with Crippen LogP contribution < -0.4 is 0 Å². The maximum atomic E-state index is 11.0. The van der Waals surface area contributed by atoms with Gasteiger partial charge < -0.3 is 5.11 Å². The molecule has 1 fully saturated rings. The molecule has 1 aliphatic rings. The summed E-state index contributed by atoms with van der Waals surface area (Å²) in [5.41, 5.74) is 0.555. The molecule has 4 nitrogen and oxygen atoms in total. The molecule has 0 saturated heterocycles. The first kappa shape index (κ1) is 9.24. The van der Waals surface area contributed by atoms with Gasteiger partial charge in [-0.2, -0.15) is 5.10 Å². The Bertz CT molecular complexity index is 353. The second kappa shape index (κ2) is 3.12. The van der Waals surface area contributed by atoms with Gasteiger partial charge in [-0.05, 0) is 25.8 Å². The van der Waals surface area contributed by atoms with E-state index in [0.717, 1.165) is 25.1 Å². The van der Waals surface area contributed by atoms with Crippen LogP contribution >= 0.6 is 0 Å². The molecule has 2 rings (SSSR count). The fraction of sp³-hybridized carbons (Fsp3) is 0.600. The van der Waals surface area contributed by atoms with Crippen molar-refractivity contribution in [1.29, 1.82) is 0 Å². The number of nitrogens with zero attached hydrogens (tertiary/aromatic N) is 2. The van der Waals surface area contributed by atoms with Gasteiger partial charge in [-0.25, -0.2) is 0 Å². The van der Waals surface area contributed by atoms with Crippen LogP contribution in [0.25, 0.3) is 0 Å². The Morgan fingerprint density at radius 3 is 2.93 bits per heavy atom. The highest BCUT2D eigenvalue weighted by Crippen LogP contribution is 2.48. The normalized spacial score (nSPS) is 18.1. The van der Waals surface area contributed by atoms with E-state index in [-0.39, 0.29) is 0 Å². The predicted molar refractivity (Wildman–Crippen MR) is 50.9 cm³/mol. The van der Waals surface area contributed by atoms with Crippen LogP contribution in [-0.2, 0) is 17.8 Å². The number of aromatic nitrogens is 2. The third-order valence-corrected chi connectivity index (χ3v) is 2.93. The van der Waals surface area contributed by atoms with Crippen molar-refractivity contribution in [3.8, 4) is 0 Å². The first-order valence-corrected chi connectivity index (χ1v) is 4.92. The molecule has 1 N–H and O–H groups in total. The Balaban J connectivity index is 2.15. The smallest absolute Gasteiger partial charge is 0.310 e. The van der Waals surface area contributed by atoms with Gasteiger partial charge in [-0.3, -0.25) is 9.48 Å². The van der Waals surface area contributed by atoms with Crippen molar-refractivity contribution in [1.82, 2.24) is 9.78 Å². The van der Waals surface area contributed by atoms with Gasteiger partial charge in [0.15, 0.2) is 0 Å². The molecule has 0 spiro atoms. The largest absolute Gasteiger partial charge is 0.481 e. The number of hydrogen-bond acceptors (Lipinski definition) is 2. The molecule has 0 aliphatic heterocycles. The van der Waals surface area contributed by atoms with Crippen molar-refractivity contribution < 1.29 is 9.90 Å². The summed E-state index contributed by atoms with van der Waals surface area (Å²) in [5.74, 6) is -0.665. The third-order valence-electron chi connectivity index (χ3n) is 2.93. The third kappa shape index (κ3) is 1.41. The quantitative estimate of drug-likeness (QED) is 0.786. The molecule has 0 aromatic carbocycles. The van der Waals surface area contributed by atoms with Crippen LogP contribution in [-0.4, -0.2) is 20.9 Å². The lowest BCUT2D eigenvalue weighted by Crippen LogP contribution is -2.19. The van der Waals surface area contributed by atoms with Gasteiger partial charge in [0.1, 0.15) is 0 Å². The van der Waals surface area contributed by atoms with Crippen LogP contribution in [0.4, 0.5) is 0 Å². The molecule has 1 aromatic heterocycles. The lowest BCUT2D eigenvalue weighted by molar-refractivity contribution is -0.143. The predicted octanol–water partition coefficient (Wildman–Crippen LogP) is 1.31. The van der Waals surface area contributed by atoms with E-state index in [1.54, 1.807) is 6.20 Å². The summed E-state index contributed by atoms with van der Waals surface area (Å²) < 4.78 is 1.86. The van der Waals surface area contributed by atoms with E-state index in [2.05, 4.69) is 5.10 Å². The summed E-state index contributed by atoms with van der Waals surface area (Å²) >= 11 is 0. The zero-order valence-electron chi connectivity index (χ0n) is 8.23. The molecule has 1 aliphatic carbocycles. The molecular formula is C10H14N2O2. The molecule has 0 radical (unpaired) electrons. The maximum Gasteiger partial charge on any atom is 0.310 e. The van der Waals surface area contributed by atoms with E-state index in [1.807, 2.05) is 17.7 Å². The molecule has 4 heteroatoms. The number of carbonyl (C=O) groups is 1. The molecular weight excluding hydrogens is 180 g/mol. The first-order valence-electron chi connectivity index (χ1n) is 4.92. The van der Waals surface area contributed by atoms with E-state index >= 15 is 0 Å². The van der Waals surface area contributed by atoms with Gasteiger partial charge in [0, 0.05) is 24.9 Å². The second-order valence-corrected chi connectivity index (χ2v) is 3.90. The molecule has 1 aromatic rings. The van der Waals surface area contributed by atoms with Crippen LogP contribution in [0, 0.1) is 5.41 Å². The maximum absolute atomic E-state index is 11.0. The van der Waals surface area contributed by atoms with Crippen LogP contribution in [0.1, 0.15) is 25.5 Å². The summed E-state index contributed by atoms with van der Waals surface area (Å²) in [6.45, 7) is 2.81. The minimum Gasteiger partial charge on any atom is -0.481 e. The van der Waals surface area contributed by atoms with Crippen molar-refractivity contribution in [2.24, 2.45) is 5.41 Å². The van der Waals surface area contributed by atoms with Crippen LogP contribution in [0.15, 0.2) is 12.3 Å². The molecule has 0 bridgehead atoms. The van der Waals surface area contributed by atoms with Crippen molar-refractivity contribution in [2.45, 2.75) is 32.7 Å². The molecule has 1 heterocycles. The van der Waals surface area contributed by atoms with Gasteiger partial charge in [-0.1, -0.05) is 0 Å². The number of aliphatic carboxylic acids is 1. The molecule has 14 heavy (non-hydrogen) atoms. The summed E-state index contributed by atoms with van der Waals surface area (Å²) in [6, 6.07) is 1.91. The van der Waals surface area contributed by atoms with Crippen LogP contribution in [0.5, 0.6) is 0 Å². The Labute approximate surface area is 82.5 Å². The second-order valence-electron chi connectivity index (χ2n) is 3.90. The lowest BCUT2D eigenvalue weighted by atomic mass is 10.0. The first-order chi connectivity index (χ1) is 6.68. The number of carboxylic acids is 1. The molecule has 0 unspecified atom stereocenters. The number of aryl methyl sites for hydroxylation is 1. The van der Waals surface area contributed by atoms with Crippen molar-refractivity contribution in [3.05, 3.63) is 18.0 Å². The van der Waals surface area contributed by atoms with Crippen LogP contribution in [0.2, 0.25) is 0 Å². The number of carboxylic acid groups (broad SMARTS) is 1. The molecule has 76 valence electrons. The highest BCUT2D eigenvalue weighted by Gasteiger charge is 2.50. The Morgan fingerprint density at radius 1 is 1.71 bits per heavy atom. The lowest BCUT2D eigenvalue weighted by Gasteiger charge is -2.10. The number of hydrogen-bond donors (Lipinski definition) is 1. The van der Waals surface area contributed by atoms with E-state index in [1.165, 1.54) is 0 Å². The van der Waals surface area contributed by atoms with E-state index in [9.17, 15) is 4.79 Å². The van der Waals surface area contributed by atoms with Crippen LogP contribution in [0.3, 0.4) is 0 Å². The van der Waals surface area contributed by atoms with Crippen molar-refractivity contribution in [2.75, 3.05) is 0 Å². The summed E-state index contributed by atoms with van der Waals surface area (Å²) in [6.07, 6.45) is 3.96. The minimum absolute atomic E-state index is 0.479. The van der Waals surface area contributed by atoms with Crippen molar-refractivity contribution in [3.63, 3.8) is 0 Å². The van der Waals surface area contributed by atoms with Gasteiger partial charge in [0.25, 0.3) is 0 Å². The molecule has 1 saturated carbocycles. The summed E-state index contributed by atoms with van der Waals surface area (Å²) in [7, 11) is 0. The number of rotatable bonds is 4. The average Bonchev–Trinajstić information content (AvgIpc) is 2.79. The Hall–Kier alpha value is -1.32. The fourth-order valence-corrected chi connectivity index (χ4v) is 1.76. The summed E-state index contributed by atoms with van der Waals surface area (Å²) in [5, 5.41) is 13.2. The Kier molecular flexibility index (Phi) is 2.06. The van der Waals surface area contributed by atoms with Crippen molar-refractivity contribution >= 4 is 5.97 Å². The standard InChI is InChI=1S/C10H14N2O2/c1-2-12-8(3-6-11-12)7-10(4-5-10)9(13)14/h3,6H,2,4-5,7H2,1H3,(H,13,14). The topological polar surface area (TPSA) is 55.1 Å². The fourth-order valence-electron chi connectivity index (χ4n) is 1.76. The molecule has 0 atom stereocenters. The van der Waals surface area contributed by atoms with Gasteiger partial charge >= 0.3 is 5.97 Å². The molecule has 0 amide bonds.